The summed E-state index contributed by atoms with van der Waals surface area (Å²) in [5, 5.41) is 0. The van der Waals surface area contributed by atoms with E-state index >= 15 is 0 Å². The molecule has 340 valence electrons. The minimum absolute atomic E-state index is 0. The molecule has 71 heavy (non-hydrogen) atoms. The first-order valence-corrected chi connectivity index (χ1v) is 24.0. The van der Waals surface area contributed by atoms with Crippen molar-refractivity contribution in [2.24, 2.45) is 0 Å². The van der Waals surface area contributed by atoms with Crippen LogP contribution in [-0.4, -0.2) is 15.0 Å². The Morgan fingerprint density at radius 3 is 0.986 bits per heavy atom. The van der Waals surface area contributed by atoms with Gasteiger partial charge in [-0.15, -0.1) is 89.5 Å². The van der Waals surface area contributed by atoms with Gasteiger partial charge in [-0.1, -0.05) is 203 Å². The van der Waals surface area contributed by atoms with Gasteiger partial charge in [-0.3, -0.25) is 15.0 Å². The summed E-state index contributed by atoms with van der Waals surface area (Å²) in [4.78, 5) is 14.8. The van der Waals surface area contributed by atoms with Gasteiger partial charge in [0.05, 0.1) is 0 Å². The summed E-state index contributed by atoms with van der Waals surface area (Å²) in [6.07, 6.45) is 9.54. The van der Waals surface area contributed by atoms with Gasteiger partial charge in [0.15, 0.2) is 0 Å². The van der Waals surface area contributed by atoms with Gasteiger partial charge in [0.2, 0.25) is 0 Å². The van der Waals surface area contributed by atoms with E-state index in [0.29, 0.717) is 0 Å². The summed E-state index contributed by atoms with van der Waals surface area (Å²) in [6, 6.07) is 89.6. The summed E-state index contributed by atoms with van der Waals surface area (Å²) < 4.78 is 0. The smallest absolute Gasteiger partial charge is 0.295 e. The van der Waals surface area contributed by atoms with Crippen molar-refractivity contribution in [2.75, 3.05) is 0 Å². The van der Waals surface area contributed by atoms with Crippen LogP contribution in [0.3, 0.4) is 0 Å². The second-order valence-corrected chi connectivity index (χ2v) is 17.7. The SMILES string of the molecule is [Ir+3].[c-]1c(-c2ccccc2)cccc1-c1ccc(CCc2cc(CCc3ccc(-c4[c-]c(-c5ccccc5)ccc4)nc3)cc(-c3ccccc3-c3ccc(-c4[c-]c(-c5ccccc5)ccc4)nc3)c2)cn1. The van der Waals surface area contributed by atoms with Crippen LogP contribution < -0.4 is 0 Å². The third-order valence-corrected chi connectivity index (χ3v) is 12.9. The molecule has 0 saturated carbocycles. The molecule has 4 heteroatoms. The van der Waals surface area contributed by atoms with Crippen LogP contribution in [0.4, 0.5) is 0 Å². The molecule has 0 radical (unpaired) electrons. The molecule has 0 unspecified atom stereocenters. The molecule has 11 rings (SSSR count). The first-order chi connectivity index (χ1) is 34.6. The van der Waals surface area contributed by atoms with Crippen molar-refractivity contribution in [2.45, 2.75) is 25.7 Å². The monoisotopic (exact) mass is 1090 g/mol. The number of hydrogen-bond donors (Lipinski definition) is 0. The molecule has 8 aromatic carbocycles. The normalized spacial score (nSPS) is 10.9. The van der Waals surface area contributed by atoms with E-state index in [0.717, 1.165) is 104 Å². The molecule has 0 bridgehead atoms. The molecule has 0 atom stereocenters. The zero-order chi connectivity index (χ0) is 46.9. The summed E-state index contributed by atoms with van der Waals surface area (Å²) in [7, 11) is 0. The third-order valence-electron chi connectivity index (χ3n) is 12.9. The van der Waals surface area contributed by atoms with Crippen molar-refractivity contribution in [3.63, 3.8) is 0 Å². The van der Waals surface area contributed by atoms with E-state index < -0.39 is 0 Å². The number of nitrogens with zero attached hydrogens (tertiary/aromatic N) is 3. The number of aryl methyl sites for hydroxylation is 4. The van der Waals surface area contributed by atoms with Gasteiger partial charge in [-0.2, -0.15) is 0 Å². The van der Waals surface area contributed by atoms with Crippen molar-refractivity contribution in [3.8, 4) is 89.4 Å². The van der Waals surface area contributed by atoms with Crippen LogP contribution in [0.5, 0.6) is 0 Å². The largest absolute Gasteiger partial charge is 3.00 e. The molecule has 0 spiro atoms. The van der Waals surface area contributed by atoms with Crippen LogP contribution in [0.1, 0.15) is 22.3 Å². The van der Waals surface area contributed by atoms with Crippen LogP contribution in [0.2, 0.25) is 0 Å². The summed E-state index contributed by atoms with van der Waals surface area (Å²) in [6.45, 7) is 0. The predicted octanol–water partition coefficient (Wildman–Crippen LogP) is 16.2. The van der Waals surface area contributed by atoms with Gasteiger partial charge in [-0.05, 0) is 70.2 Å². The van der Waals surface area contributed by atoms with Gasteiger partial charge in [0.25, 0.3) is 0 Å². The molecule has 0 saturated heterocycles. The predicted molar refractivity (Wildman–Crippen MR) is 288 cm³/mol. The quantitative estimate of drug-likeness (QED) is 0.102. The maximum absolute atomic E-state index is 5.00. The van der Waals surface area contributed by atoms with Crippen LogP contribution in [0, 0.1) is 18.2 Å². The fourth-order valence-electron chi connectivity index (χ4n) is 9.16. The summed E-state index contributed by atoms with van der Waals surface area (Å²) in [5.41, 5.74) is 21.9. The molecule has 3 nitrogen and oxygen atoms in total. The van der Waals surface area contributed by atoms with Gasteiger partial charge in [-0.25, -0.2) is 0 Å². The minimum Gasteiger partial charge on any atom is -0.295 e. The first-order valence-electron chi connectivity index (χ1n) is 24.0. The molecule has 0 aliphatic rings. The Labute approximate surface area is 431 Å². The number of rotatable bonds is 14. The van der Waals surface area contributed by atoms with Gasteiger partial charge >= 0.3 is 20.1 Å². The van der Waals surface area contributed by atoms with E-state index in [1.807, 2.05) is 36.8 Å². The van der Waals surface area contributed by atoms with E-state index in [4.69, 9.17) is 15.0 Å². The molecule has 0 fully saturated rings. The molecule has 3 heterocycles. The Bertz CT molecular complexity index is 3350. The Kier molecular flexibility index (Phi) is 14.5. The van der Waals surface area contributed by atoms with Gasteiger partial charge in [0, 0.05) is 35.7 Å². The minimum atomic E-state index is 0. The molecule has 11 aromatic rings. The number of hydrogen-bond acceptors (Lipinski definition) is 3. The van der Waals surface area contributed by atoms with E-state index in [1.54, 1.807) is 0 Å². The van der Waals surface area contributed by atoms with Crippen LogP contribution in [0.15, 0.2) is 243 Å². The zero-order valence-corrected chi connectivity index (χ0v) is 41.5. The van der Waals surface area contributed by atoms with Crippen LogP contribution >= 0.6 is 0 Å². The fourth-order valence-corrected chi connectivity index (χ4v) is 9.16. The topological polar surface area (TPSA) is 38.7 Å². The Morgan fingerprint density at radius 2 is 0.606 bits per heavy atom. The van der Waals surface area contributed by atoms with Crippen molar-refractivity contribution in [1.29, 1.82) is 0 Å². The molecule has 0 N–H and O–H groups in total. The molecule has 0 aliphatic heterocycles. The Hall–Kier alpha value is -8.14. The maximum Gasteiger partial charge on any atom is 3.00 e. The van der Waals surface area contributed by atoms with E-state index in [2.05, 4.69) is 224 Å². The summed E-state index contributed by atoms with van der Waals surface area (Å²) in [5.74, 6) is 0. The van der Waals surface area contributed by atoms with E-state index in [-0.39, 0.29) is 20.1 Å². The molecular weight excluding hydrogens is 1040 g/mol. The Balaban J connectivity index is 0.00000582. The van der Waals surface area contributed by atoms with Crippen LogP contribution in [-0.2, 0) is 45.8 Å². The van der Waals surface area contributed by atoms with Gasteiger partial charge in [0.1, 0.15) is 0 Å². The summed E-state index contributed by atoms with van der Waals surface area (Å²) >= 11 is 0. The third kappa shape index (κ3) is 11.2. The number of benzene rings is 8. The van der Waals surface area contributed by atoms with E-state index in [9.17, 15) is 0 Å². The number of pyridine rings is 3. The number of aromatic nitrogens is 3. The first kappa shape index (κ1) is 46.6. The molecule has 3 aromatic heterocycles. The fraction of sp³-hybridized carbons (Fsp3) is 0.0597. The van der Waals surface area contributed by atoms with Crippen molar-refractivity contribution < 1.29 is 20.1 Å². The zero-order valence-electron chi connectivity index (χ0n) is 39.1. The average molecular weight is 1090 g/mol. The van der Waals surface area contributed by atoms with Gasteiger partial charge < -0.3 is 0 Å². The van der Waals surface area contributed by atoms with Crippen molar-refractivity contribution in [1.82, 2.24) is 15.0 Å². The molecule has 0 amide bonds. The standard InChI is InChI=1S/C67H48N3.Ir/c1-4-15-52(16-5-1)55-21-12-24-58(42-55)65-36-33-48(45-68-65)29-31-50-39-51(32-30-49-34-37-66(69-46-49)59-25-13-22-56(43-59)53-17-6-2-7-18-53)41-62(40-50)64-28-11-10-27-63(64)61-35-38-67(70-47-61)60-26-14-23-57(44-60)54-19-8-3-9-20-54;/h1-28,33-41,45-47H,29-32H2;/q-3;+3. The van der Waals surface area contributed by atoms with E-state index in [1.165, 1.54) is 33.4 Å². The van der Waals surface area contributed by atoms with Crippen LogP contribution in [0.25, 0.3) is 89.4 Å². The second kappa shape index (κ2) is 22.1. The maximum atomic E-state index is 5.00. The average Bonchev–Trinajstić information content (AvgIpc) is 3.45. The van der Waals surface area contributed by atoms with Crippen molar-refractivity contribution >= 4 is 0 Å². The second-order valence-electron chi connectivity index (χ2n) is 17.7. The molecule has 0 aliphatic carbocycles. The molecular formula is C67H48IrN3. The van der Waals surface area contributed by atoms with Crippen molar-refractivity contribution in [3.05, 3.63) is 283 Å². The Morgan fingerprint density at radius 1 is 0.254 bits per heavy atom.